The van der Waals surface area contributed by atoms with Gasteiger partial charge < -0.3 is 9.47 Å². The van der Waals surface area contributed by atoms with E-state index in [-0.39, 0.29) is 0 Å². The quantitative estimate of drug-likeness (QED) is 0.693. The normalized spacial score (nSPS) is 12.7. The summed E-state index contributed by atoms with van der Waals surface area (Å²) in [5.41, 5.74) is 0. The monoisotopic (exact) mass is 237 g/mol. The van der Waals surface area contributed by atoms with Crippen molar-refractivity contribution in [1.29, 1.82) is 0 Å². The van der Waals surface area contributed by atoms with Crippen LogP contribution < -0.4 is 4.74 Å². The number of rotatable bonds is 8. The molecule has 0 fully saturated rings. The third-order valence-corrected chi connectivity index (χ3v) is 2.93. The van der Waals surface area contributed by atoms with E-state index in [0.717, 1.165) is 31.9 Å². The fourth-order valence-corrected chi connectivity index (χ4v) is 1.68. The minimum absolute atomic E-state index is 0.436. The van der Waals surface area contributed by atoms with Crippen LogP contribution in [0.2, 0.25) is 0 Å². The minimum atomic E-state index is 0.436. The summed E-state index contributed by atoms with van der Waals surface area (Å²) in [6.45, 7) is 4.61. The van der Waals surface area contributed by atoms with E-state index in [2.05, 4.69) is 18.9 Å². The number of likely N-dealkylation sites (N-methyl/N-ethyl adjacent to an activating group) is 1. The first-order chi connectivity index (χ1) is 8.27. The zero-order valence-corrected chi connectivity index (χ0v) is 11.1. The smallest absolute Gasteiger partial charge is 0.119 e. The van der Waals surface area contributed by atoms with Gasteiger partial charge in [0.15, 0.2) is 0 Å². The summed E-state index contributed by atoms with van der Waals surface area (Å²) in [7, 11) is 3.84. The van der Waals surface area contributed by atoms with E-state index < -0.39 is 0 Å². The first-order valence-corrected chi connectivity index (χ1v) is 6.15. The maximum absolute atomic E-state index is 5.78. The van der Waals surface area contributed by atoms with Crippen LogP contribution >= 0.6 is 0 Å². The minimum Gasteiger partial charge on any atom is -0.492 e. The molecule has 1 aromatic rings. The molecule has 0 aliphatic heterocycles. The fourth-order valence-electron chi connectivity index (χ4n) is 1.68. The summed E-state index contributed by atoms with van der Waals surface area (Å²) in [5.74, 6) is 0.936. The van der Waals surface area contributed by atoms with Gasteiger partial charge >= 0.3 is 0 Å². The summed E-state index contributed by atoms with van der Waals surface area (Å²) in [5, 5.41) is 0. The number of benzene rings is 1. The topological polar surface area (TPSA) is 21.7 Å². The predicted octanol–water partition coefficient (Wildman–Crippen LogP) is 2.42. The van der Waals surface area contributed by atoms with Gasteiger partial charge in [0.05, 0.1) is 6.61 Å². The molecule has 3 heteroatoms. The summed E-state index contributed by atoms with van der Waals surface area (Å²) in [6, 6.07) is 10.4. The van der Waals surface area contributed by atoms with Gasteiger partial charge in [0, 0.05) is 19.7 Å². The highest BCUT2D eigenvalue weighted by atomic mass is 16.5. The van der Waals surface area contributed by atoms with Crippen LogP contribution in [-0.4, -0.2) is 44.9 Å². The Morgan fingerprint density at radius 2 is 1.94 bits per heavy atom. The van der Waals surface area contributed by atoms with Crippen LogP contribution in [0.25, 0.3) is 0 Å². The summed E-state index contributed by atoms with van der Waals surface area (Å²) in [6.07, 6.45) is 1.08. The molecule has 0 saturated carbocycles. The van der Waals surface area contributed by atoms with Gasteiger partial charge in [-0.3, -0.25) is 4.90 Å². The average Bonchev–Trinajstić information content (AvgIpc) is 2.38. The third kappa shape index (κ3) is 5.20. The molecule has 1 rings (SSSR count). The van der Waals surface area contributed by atoms with Gasteiger partial charge in [-0.1, -0.05) is 25.1 Å². The number of nitrogens with zero attached hydrogens (tertiary/aromatic N) is 1. The molecular weight excluding hydrogens is 214 g/mol. The number of methoxy groups -OCH3 is 1. The van der Waals surface area contributed by atoms with E-state index in [1.54, 1.807) is 7.11 Å². The van der Waals surface area contributed by atoms with E-state index in [1.807, 2.05) is 30.3 Å². The second kappa shape index (κ2) is 8.09. The first-order valence-electron chi connectivity index (χ1n) is 6.15. The highest BCUT2D eigenvalue weighted by molar-refractivity contribution is 5.20. The number of hydrogen-bond acceptors (Lipinski definition) is 3. The molecule has 0 N–H and O–H groups in total. The molecule has 1 unspecified atom stereocenters. The molecule has 0 heterocycles. The largest absolute Gasteiger partial charge is 0.492 e. The lowest BCUT2D eigenvalue weighted by molar-refractivity contribution is 0.111. The Morgan fingerprint density at radius 3 is 2.53 bits per heavy atom. The van der Waals surface area contributed by atoms with Crippen LogP contribution in [0.1, 0.15) is 13.3 Å². The third-order valence-electron chi connectivity index (χ3n) is 2.93. The van der Waals surface area contributed by atoms with Crippen LogP contribution in [0.15, 0.2) is 30.3 Å². The molecule has 1 atom stereocenters. The maximum Gasteiger partial charge on any atom is 0.119 e. The molecule has 0 saturated heterocycles. The van der Waals surface area contributed by atoms with Gasteiger partial charge in [0.25, 0.3) is 0 Å². The molecule has 0 spiro atoms. The van der Waals surface area contributed by atoms with Crippen molar-refractivity contribution >= 4 is 0 Å². The zero-order valence-electron chi connectivity index (χ0n) is 11.1. The molecule has 17 heavy (non-hydrogen) atoms. The molecule has 0 amide bonds. The Kier molecular flexibility index (Phi) is 6.67. The van der Waals surface area contributed by atoms with Crippen molar-refractivity contribution < 1.29 is 9.47 Å². The van der Waals surface area contributed by atoms with Crippen LogP contribution in [0.4, 0.5) is 0 Å². The lowest BCUT2D eigenvalue weighted by Gasteiger charge is -2.26. The van der Waals surface area contributed by atoms with Gasteiger partial charge in [-0.15, -0.1) is 0 Å². The van der Waals surface area contributed by atoms with Crippen LogP contribution in [0.3, 0.4) is 0 Å². The fraction of sp³-hybridized carbons (Fsp3) is 0.571. The van der Waals surface area contributed by atoms with Gasteiger partial charge in [0.1, 0.15) is 12.4 Å². The average molecular weight is 237 g/mol. The molecule has 96 valence electrons. The number of ether oxygens (including phenoxy) is 2. The standard InChI is InChI=1S/C14H23NO2/c1-4-13(15(2)10-11-16-3)12-17-14-8-6-5-7-9-14/h5-9,13H,4,10-12H2,1-3H3. The van der Waals surface area contributed by atoms with Gasteiger partial charge in [-0.05, 0) is 25.6 Å². The molecule has 0 aromatic heterocycles. The van der Waals surface area contributed by atoms with Gasteiger partial charge in [-0.25, -0.2) is 0 Å². The molecule has 0 aliphatic carbocycles. The zero-order chi connectivity index (χ0) is 12.5. The van der Waals surface area contributed by atoms with Gasteiger partial charge in [-0.2, -0.15) is 0 Å². The predicted molar refractivity (Wildman–Crippen MR) is 70.5 cm³/mol. The SMILES string of the molecule is CCC(COc1ccccc1)N(C)CCOC. The van der Waals surface area contributed by atoms with Crippen molar-refractivity contribution in [3.63, 3.8) is 0 Å². The summed E-state index contributed by atoms with van der Waals surface area (Å²) < 4.78 is 10.9. The Labute approximate surface area is 104 Å². The summed E-state index contributed by atoms with van der Waals surface area (Å²) in [4.78, 5) is 2.28. The summed E-state index contributed by atoms with van der Waals surface area (Å²) >= 11 is 0. The number of para-hydroxylation sites is 1. The molecule has 0 radical (unpaired) electrons. The Bertz CT molecular complexity index is 290. The van der Waals surface area contributed by atoms with Crippen molar-refractivity contribution in [1.82, 2.24) is 4.90 Å². The van der Waals surface area contributed by atoms with Gasteiger partial charge in [0.2, 0.25) is 0 Å². The highest BCUT2D eigenvalue weighted by Crippen LogP contribution is 2.10. The van der Waals surface area contributed by atoms with Crippen LogP contribution in [-0.2, 0) is 4.74 Å². The lowest BCUT2D eigenvalue weighted by atomic mass is 10.2. The van der Waals surface area contributed by atoms with E-state index in [4.69, 9.17) is 9.47 Å². The van der Waals surface area contributed by atoms with E-state index in [0.29, 0.717) is 6.04 Å². The van der Waals surface area contributed by atoms with Crippen molar-refractivity contribution in [3.05, 3.63) is 30.3 Å². The first kappa shape index (κ1) is 14.0. The second-order valence-corrected chi connectivity index (χ2v) is 4.16. The molecule has 0 aliphatic rings. The Morgan fingerprint density at radius 1 is 1.24 bits per heavy atom. The highest BCUT2D eigenvalue weighted by Gasteiger charge is 2.12. The molecule has 1 aromatic carbocycles. The van der Waals surface area contributed by atoms with Crippen molar-refractivity contribution in [2.75, 3.05) is 33.9 Å². The van der Waals surface area contributed by atoms with Crippen molar-refractivity contribution in [2.24, 2.45) is 0 Å². The van der Waals surface area contributed by atoms with E-state index in [9.17, 15) is 0 Å². The Hall–Kier alpha value is -1.06. The van der Waals surface area contributed by atoms with Crippen LogP contribution in [0, 0.1) is 0 Å². The molecule has 0 bridgehead atoms. The van der Waals surface area contributed by atoms with Crippen molar-refractivity contribution in [3.8, 4) is 5.75 Å². The lowest BCUT2D eigenvalue weighted by Crippen LogP contribution is -2.38. The second-order valence-electron chi connectivity index (χ2n) is 4.16. The molecule has 3 nitrogen and oxygen atoms in total. The Balaban J connectivity index is 2.36. The number of hydrogen-bond donors (Lipinski definition) is 0. The van der Waals surface area contributed by atoms with E-state index >= 15 is 0 Å². The molecular formula is C14H23NO2. The maximum atomic E-state index is 5.78. The van der Waals surface area contributed by atoms with Crippen molar-refractivity contribution in [2.45, 2.75) is 19.4 Å². The van der Waals surface area contributed by atoms with Crippen LogP contribution in [0.5, 0.6) is 5.75 Å². The van der Waals surface area contributed by atoms with E-state index in [1.165, 1.54) is 0 Å².